The minimum atomic E-state index is 0.0437. The summed E-state index contributed by atoms with van der Waals surface area (Å²) in [5.41, 5.74) is 1.75. The zero-order valence-corrected chi connectivity index (χ0v) is 10.9. The lowest BCUT2D eigenvalue weighted by Crippen LogP contribution is -2.26. The minimum Gasteiger partial charge on any atom is -0.508 e. The summed E-state index contributed by atoms with van der Waals surface area (Å²) < 4.78 is 0. The van der Waals surface area contributed by atoms with E-state index in [1.807, 2.05) is 19.1 Å². The molecule has 1 aromatic carbocycles. The molecule has 0 saturated heterocycles. The molecule has 3 N–H and O–H groups in total. The van der Waals surface area contributed by atoms with Gasteiger partial charge in [-0.2, -0.15) is 0 Å². The lowest BCUT2D eigenvalue weighted by molar-refractivity contribution is -0.112. The number of ketones is 1. The Balaban J connectivity index is 2.20. The Morgan fingerprint density at radius 3 is 2.67 bits per heavy atom. The number of hydrogen-bond donors (Lipinski definition) is 3. The lowest BCUT2D eigenvalue weighted by Gasteiger charge is -2.08. The molecule has 4 nitrogen and oxygen atoms in total. The molecule has 18 heavy (non-hydrogen) atoms. The Morgan fingerprint density at radius 1 is 1.28 bits per heavy atom. The highest BCUT2D eigenvalue weighted by Gasteiger charge is 1.98. The van der Waals surface area contributed by atoms with E-state index in [2.05, 4.69) is 10.6 Å². The fourth-order valence-corrected chi connectivity index (χ4v) is 1.59. The molecule has 0 saturated carbocycles. The molecular weight excluding hydrogens is 228 g/mol. The van der Waals surface area contributed by atoms with Crippen molar-refractivity contribution >= 4 is 5.78 Å². The molecular formula is C14H20N2O2. The van der Waals surface area contributed by atoms with Crippen LogP contribution in [0.2, 0.25) is 0 Å². The maximum Gasteiger partial charge on any atom is 0.154 e. The van der Waals surface area contributed by atoms with E-state index in [1.165, 1.54) is 6.92 Å². The second-order valence-corrected chi connectivity index (χ2v) is 4.17. The van der Waals surface area contributed by atoms with Gasteiger partial charge in [-0.15, -0.1) is 0 Å². The summed E-state index contributed by atoms with van der Waals surface area (Å²) in [6.45, 7) is 5.52. The largest absolute Gasteiger partial charge is 0.508 e. The molecule has 0 aromatic heterocycles. The number of para-hydroxylation sites is 1. The Kier molecular flexibility index (Phi) is 5.94. The number of carbonyl (C=O) groups is 1. The molecule has 0 atom stereocenters. The third-order valence-corrected chi connectivity index (χ3v) is 2.43. The Hall–Kier alpha value is -1.81. The van der Waals surface area contributed by atoms with Gasteiger partial charge < -0.3 is 15.7 Å². The molecule has 0 unspecified atom stereocenters. The molecule has 0 fully saturated rings. The van der Waals surface area contributed by atoms with Crippen molar-refractivity contribution in [2.24, 2.45) is 0 Å². The van der Waals surface area contributed by atoms with Crippen LogP contribution >= 0.6 is 0 Å². The number of benzene rings is 1. The van der Waals surface area contributed by atoms with Gasteiger partial charge >= 0.3 is 0 Å². The van der Waals surface area contributed by atoms with E-state index in [1.54, 1.807) is 18.2 Å². The van der Waals surface area contributed by atoms with Crippen LogP contribution in [0.3, 0.4) is 0 Å². The van der Waals surface area contributed by atoms with Gasteiger partial charge in [0.25, 0.3) is 0 Å². The van der Waals surface area contributed by atoms with Gasteiger partial charge in [0.1, 0.15) is 5.75 Å². The van der Waals surface area contributed by atoms with E-state index >= 15 is 0 Å². The van der Waals surface area contributed by atoms with E-state index in [4.69, 9.17) is 0 Å². The number of nitrogens with one attached hydrogen (secondary N) is 2. The third-order valence-electron chi connectivity index (χ3n) is 2.43. The summed E-state index contributed by atoms with van der Waals surface area (Å²) in [4.78, 5) is 10.8. The molecule has 0 radical (unpaired) electrons. The predicted molar refractivity (Wildman–Crippen MR) is 72.3 cm³/mol. The number of carbonyl (C=O) groups excluding carboxylic acids is 1. The van der Waals surface area contributed by atoms with Crippen LogP contribution in [-0.4, -0.2) is 24.0 Å². The predicted octanol–water partition coefficient (Wildman–Crippen LogP) is 1.56. The van der Waals surface area contributed by atoms with Crippen molar-refractivity contribution in [3.63, 3.8) is 0 Å². The lowest BCUT2D eigenvalue weighted by atomic mass is 10.2. The fraction of sp³-hybridized carbons (Fsp3) is 0.357. The molecule has 0 amide bonds. The normalized spacial score (nSPS) is 11.3. The zero-order valence-electron chi connectivity index (χ0n) is 10.9. The van der Waals surface area contributed by atoms with Crippen molar-refractivity contribution in [2.45, 2.75) is 20.4 Å². The standard InChI is InChI=1S/C14H20N2O2/c1-11(9-12(2)17)16-8-7-15-10-13-5-3-4-6-14(13)18/h3-6,9,15-16,18H,7-8,10H2,1-2H3/b11-9+. The van der Waals surface area contributed by atoms with Crippen molar-refractivity contribution in [1.29, 1.82) is 0 Å². The van der Waals surface area contributed by atoms with Gasteiger partial charge in [0, 0.05) is 30.9 Å². The molecule has 1 aromatic rings. The van der Waals surface area contributed by atoms with Crippen LogP contribution in [0.1, 0.15) is 19.4 Å². The first-order chi connectivity index (χ1) is 8.59. The number of hydrogen-bond acceptors (Lipinski definition) is 4. The molecule has 0 bridgehead atoms. The third kappa shape index (κ3) is 5.50. The van der Waals surface area contributed by atoms with Crippen LogP contribution in [0.25, 0.3) is 0 Å². The van der Waals surface area contributed by atoms with Crippen LogP contribution in [0.15, 0.2) is 36.0 Å². The molecule has 98 valence electrons. The summed E-state index contributed by atoms with van der Waals surface area (Å²) >= 11 is 0. The molecule has 0 spiro atoms. The summed E-state index contributed by atoms with van der Waals surface area (Å²) in [5, 5.41) is 15.9. The maximum absolute atomic E-state index is 10.8. The Morgan fingerprint density at radius 2 is 2.00 bits per heavy atom. The van der Waals surface area contributed by atoms with Gasteiger partial charge in [0.2, 0.25) is 0 Å². The molecule has 0 heterocycles. The first kappa shape index (κ1) is 14.3. The molecule has 0 aliphatic rings. The van der Waals surface area contributed by atoms with Crippen LogP contribution in [-0.2, 0) is 11.3 Å². The summed E-state index contributed by atoms with van der Waals surface area (Å²) in [6, 6.07) is 7.26. The van der Waals surface area contributed by atoms with E-state index in [9.17, 15) is 9.90 Å². The average Bonchev–Trinajstić information content (AvgIpc) is 2.30. The van der Waals surface area contributed by atoms with Crippen LogP contribution in [0.5, 0.6) is 5.75 Å². The summed E-state index contributed by atoms with van der Waals surface area (Å²) in [7, 11) is 0. The van der Waals surface area contributed by atoms with Crippen LogP contribution < -0.4 is 10.6 Å². The number of allylic oxidation sites excluding steroid dienone is 2. The number of phenolic OH excluding ortho intramolecular Hbond substituents is 1. The zero-order chi connectivity index (χ0) is 13.4. The Bertz CT molecular complexity index is 428. The highest BCUT2D eigenvalue weighted by Crippen LogP contribution is 2.14. The first-order valence-electron chi connectivity index (χ1n) is 6.00. The Labute approximate surface area is 108 Å². The summed E-state index contributed by atoms with van der Waals surface area (Å²) in [6.07, 6.45) is 1.57. The molecule has 4 heteroatoms. The monoisotopic (exact) mass is 248 g/mol. The van der Waals surface area contributed by atoms with Gasteiger partial charge in [-0.05, 0) is 26.0 Å². The first-order valence-corrected chi connectivity index (χ1v) is 6.00. The minimum absolute atomic E-state index is 0.0437. The van der Waals surface area contributed by atoms with E-state index < -0.39 is 0 Å². The van der Waals surface area contributed by atoms with Gasteiger partial charge in [-0.25, -0.2) is 0 Å². The number of aromatic hydroxyl groups is 1. The second kappa shape index (κ2) is 7.50. The second-order valence-electron chi connectivity index (χ2n) is 4.17. The quantitative estimate of drug-likeness (QED) is 0.506. The fourth-order valence-electron chi connectivity index (χ4n) is 1.59. The van der Waals surface area contributed by atoms with Crippen LogP contribution in [0.4, 0.5) is 0 Å². The molecule has 0 aliphatic carbocycles. The van der Waals surface area contributed by atoms with Crippen molar-refractivity contribution in [3.8, 4) is 5.75 Å². The van der Waals surface area contributed by atoms with Gasteiger partial charge in [0.15, 0.2) is 5.78 Å². The smallest absolute Gasteiger partial charge is 0.154 e. The van der Waals surface area contributed by atoms with E-state index in [-0.39, 0.29) is 5.78 Å². The molecule has 0 aliphatic heterocycles. The highest BCUT2D eigenvalue weighted by molar-refractivity contribution is 5.87. The number of phenols is 1. The molecule has 1 rings (SSSR count). The SMILES string of the molecule is CC(=O)/C=C(\C)NCCNCc1ccccc1O. The van der Waals surface area contributed by atoms with Crippen molar-refractivity contribution in [1.82, 2.24) is 10.6 Å². The van der Waals surface area contributed by atoms with Crippen LogP contribution in [0, 0.1) is 0 Å². The van der Waals surface area contributed by atoms with Gasteiger partial charge in [-0.1, -0.05) is 18.2 Å². The van der Waals surface area contributed by atoms with Crippen molar-refractivity contribution < 1.29 is 9.90 Å². The number of rotatable bonds is 7. The van der Waals surface area contributed by atoms with Gasteiger partial charge in [0.05, 0.1) is 0 Å². The van der Waals surface area contributed by atoms with Crippen molar-refractivity contribution in [2.75, 3.05) is 13.1 Å². The van der Waals surface area contributed by atoms with Gasteiger partial charge in [-0.3, -0.25) is 4.79 Å². The average molecular weight is 248 g/mol. The topological polar surface area (TPSA) is 61.4 Å². The van der Waals surface area contributed by atoms with Crippen molar-refractivity contribution in [3.05, 3.63) is 41.6 Å². The summed E-state index contributed by atoms with van der Waals surface area (Å²) in [5.74, 6) is 0.354. The van der Waals surface area contributed by atoms with E-state index in [0.717, 1.165) is 24.4 Å². The van der Waals surface area contributed by atoms with E-state index in [0.29, 0.717) is 12.3 Å². The highest BCUT2D eigenvalue weighted by atomic mass is 16.3. The maximum atomic E-state index is 10.8.